The minimum atomic E-state index is 1.00. The van der Waals surface area contributed by atoms with Crippen molar-refractivity contribution >= 4 is 15.9 Å². The first kappa shape index (κ1) is 9.46. The second kappa shape index (κ2) is 3.96. The van der Waals surface area contributed by atoms with Gasteiger partial charge in [-0.1, -0.05) is 25.1 Å². The fraction of sp³-hybridized carbons (Fsp3) is 0.182. The second-order valence-electron chi connectivity index (χ2n) is 3.09. The smallest absolute Gasteiger partial charge is 0.0677 e. The largest absolute Gasteiger partial charge is 0.240 e. The van der Waals surface area contributed by atoms with Gasteiger partial charge in [-0.15, -0.1) is 0 Å². The van der Waals surface area contributed by atoms with Crippen LogP contribution in [0.25, 0.3) is 5.69 Å². The van der Waals surface area contributed by atoms with Gasteiger partial charge in [-0.2, -0.15) is 5.10 Å². The Kier molecular flexibility index (Phi) is 2.68. The minimum absolute atomic E-state index is 1.00. The van der Waals surface area contributed by atoms with Crippen LogP contribution in [-0.2, 0) is 6.42 Å². The molecule has 0 amide bonds. The van der Waals surface area contributed by atoms with Gasteiger partial charge in [0.05, 0.1) is 16.4 Å². The molecule has 0 aliphatic rings. The molecular formula is C11H11BrN2. The van der Waals surface area contributed by atoms with Crippen LogP contribution >= 0.6 is 15.9 Å². The molecule has 1 aromatic carbocycles. The van der Waals surface area contributed by atoms with Crippen LogP contribution in [0, 0.1) is 0 Å². The van der Waals surface area contributed by atoms with E-state index in [-0.39, 0.29) is 0 Å². The maximum absolute atomic E-state index is 4.26. The topological polar surface area (TPSA) is 17.8 Å². The third-order valence-electron chi connectivity index (χ3n) is 2.17. The molecule has 1 aromatic heterocycles. The van der Waals surface area contributed by atoms with E-state index in [9.17, 15) is 0 Å². The molecule has 0 aliphatic carbocycles. The highest BCUT2D eigenvalue weighted by Gasteiger charge is 2.02. The molecular weight excluding hydrogens is 240 g/mol. The lowest BCUT2D eigenvalue weighted by atomic mass is 10.1. The molecule has 0 atom stereocenters. The summed E-state index contributed by atoms with van der Waals surface area (Å²) in [7, 11) is 0. The molecule has 0 unspecified atom stereocenters. The van der Waals surface area contributed by atoms with Gasteiger partial charge in [0.15, 0.2) is 0 Å². The summed E-state index contributed by atoms with van der Waals surface area (Å²) in [6.45, 7) is 2.15. The lowest BCUT2D eigenvalue weighted by Gasteiger charge is -2.06. The molecule has 2 nitrogen and oxygen atoms in total. The predicted octanol–water partition coefficient (Wildman–Crippen LogP) is 3.20. The van der Waals surface area contributed by atoms with Gasteiger partial charge in [0.1, 0.15) is 0 Å². The zero-order chi connectivity index (χ0) is 9.97. The first-order valence-corrected chi connectivity index (χ1v) is 5.39. The van der Waals surface area contributed by atoms with Crippen molar-refractivity contribution in [1.82, 2.24) is 9.78 Å². The molecule has 0 saturated heterocycles. The van der Waals surface area contributed by atoms with Crippen LogP contribution in [0.1, 0.15) is 12.5 Å². The van der Waals surface area contributed by atoms with E-state index in [0.29, 0.717) is 0 Å². The van der Waals surface area contributed by atoms with Crippen LogP contribution in [-0.4, -0.2) is 9.78 Å². The Morgan fingerprint density at radius 1 is 1.36 bits per heavy atom. The maximum atomic E-state index is 4.26. The number of nitrogens with zero attached hydrogens (tertiary/aromatic N) is 2. The second-order valence-corrected chi connectivity index (χ2v) is 4.00. The SMILES string of the molecule is CCc1ccccc1-n1cc(Br)cn1. The molecule has 0 bridgehead atoms. The zero-order valence-corrected chi connectivity index (χ0v) is 9.53. The average Bonchev–Trinajstić information content (AvgIpc) is 2.65. The summed E-state index contributed by atoms with van der Waals surface area (Å²) < 4.78 is 2.89. The number of rotatable bonds is 2. The van der Waals surface area contributed by atoms with E-state index in [0.717, 1.165) is 16.6 Å². The number of halogens is 1. The van der Waals surface area contributed by atoms with Gasteiger partial charge in [-0.05, 0) is 34.0 Å². The predicted molar refractivity (Wildman–Crippen MR) is 60.6 cm³/mol. The summed E-state index contributed by atoms with van der Waals surface area (Å²) in [5.41, 5.74) is 2.46. The van der Waals surface area contributed by atoms with Crippen molar-refractivity contribution in [2.45, 2.75) is 13.3 Å². The van der Waals surface area contributed by atoms with Gasteiger partial charge in [0.25, 0.3) is 0 Å². The van der Waals surface area contributed by atoms with Crippen molar-refractivity contribution in [3.05, 3.63) is 46.7 Å². The molecule has 0 spiro atoms. The van der Waals surface area contributed by atoms with Gasteiger partial charge in [0, 0.05) is 6.20 Å². The molecule has 0 radical (unpaired) electrons. The van der Waals surface area contributed by atoms with E-state index in [1.54, 1.807) is 6.20 Å². The van der Waals surface area contributed by atoms with Gasteiger partial charge in [-0.25, -0.2) is 4.68 Å². The molecule has 3 heteroatoms. The normalized spacial score (nSPS) is 10.4. The summed E-state index contributed by atoms with van der Waals surface area (Å²) in [4.78, 5) is 0. The highest BCUT2D eigenvalue weighted by Crippen LogP contribution is 2.16. The molecule has 2 aromatic rings. The van der Waals surface area contributed by atoms with Crippen molar-refractivity contribution < 1.29 is 0 Å². The molecule has 0 fully saturated rings. The summed E-state index contributed by atoms with van der Waals surface area (Å²) in [6.07, 6.45) is 4.79. The number of hydrogen-bond acceptors (Lipinski definition) is 1. The highest BCUT2D eigenvalue weighted by molar-refractivity contribution is 9.10. The summed E-state index contributed by atoms with van der Waals surface area (Å²) >= 11 is 3.39. The van der Waals surface area contributed by atoms with Gasteiger partial charge < -0.3 is 0 Å². The van der Waals surface area contributed by atoms with Crippen LogP contribution in [0.3, 0.4) is 0 Å². The summed E-state index contributed by atoms with van der Waals surface area (Å²) in [5.74, 6) is 0. The Morgan fingerprint density at radius 2 is 2.14 bits per heavy atom. The Bertz CT molecular complexity index is 434. The molecule has 0 N–H and O–H groups in total. The lowest BCUT2D eigenvalue weighted by molar-refractivity contribution is 0.862. The summed E-state index contributed by atoms with van der Waals surface area (Å²) in [5, 5.41) is 4.26. The molecule has 72 valence electrons. The van der Waals surface area contributed by atoms with Gasteiger partial charge >= 0.3 is 0 Å². The van der Waals surface area contributed by atoms with Gasteiger partial charge in [-0.3, -0.25) is 0 Å². The molecule has 0 aliphatic heterocycles. The maximum Gasteiger partial charge on any atom is 0.0677 e. The van der Waals surface area contributed by atoms with E-state index >= 15 is 0 Å². The monoisotopic (exact) mass is 250 g/mol. The van der Waals surface area contributed by atoms with Crippen LogP contribution in [0.4, 0.5) is 0 Å². The molecule has 14 heavy (non-hydrogen) atoms. The summed E-state index contributed by atoms with van der Waals surface area (Å²) in [6, 6.07) is 8.30. The fourth-order valence-corrected chi connectivity index (χ4v) is 1.75. The van der Waals surface area contributed by atoms with E-state index in [1.807, 2.05) is 16.9 Å². The van der Waals surface area contributed by atoms with Crippen molar-refractivity contribution in [1.29, 1.82) is 0 Å². The lowest BCUT2D eigenvalue weighted by Crippen LogP contribution is -1.98. The Morgan fingerprint density at radius 3 is 2.79 bits per heavy atom. The van der Waals surface area contributed by atoms with Crippen LogP contribution < -0.4 is 0 Å². The van der Waals surface area contributed by atoms with E-state index in [2.05, 4.69) is 46.2 Å². The Hall–Kier alpha value is -1.09. The Balaban J connectivity index is 2.50. The number of para-hydroxylation sites is 1. The van der Waals surface area contributed by atoms with E-state index in [1.165, 1.54) is 5.56 Å². The van der Waals surface area contributed by atoms with Gasteiger partial charge in [0.2, 0.25) is 0 Å². The van der Waals surface area contributed by atoms with Crippen LogP contribution in [0.5, 0.6) is 0 Å². The molecule has 1 heterocycles. The van der Waals surface area contributed by atoms with E-state index < -0.39 is 0 Å². The third kappa shape index (κ3) is 1.73. The van der Waals surface area contributed by atoms with Crippen molar-refractivity contribution in [2.75, 3.05) is 0 Å². The third-order valence-corrected chi connectivity index (χ3v) is 2.58. The van der Waals surface area contributed by atoms with Crippen molar-refractivity contribution in [3.63, 3.8) is 0 Å². The zero-order valence-electron chi connectivity index (χ0n) is 7.94. The fourth-order valence-electron chi connectivity index (χ4n) is 1.47. The molecule has 0 saturated carbocycles. The number of aryl methyl sites for hydroxylation is 1. The van der Waals surface area contributed by atoms with Crippen molar-refractivity contribution in [2.24, 2.45) is 0 Å². The minimum Gasteiger partial charge on any atom is -0.240 e. The number of benzene rings is 1. The Labute approximate surface area is 91.7 Å². The molecule has 2 rings (SSSR count). The standard InChI is InChI=1S/C11H11BrN2/c1-2-9-5-3-4-6-11(9)14-8-10(12)7-13-14/h3-8H,2H2,1H3. The number of aromatic nitrogens is 2. The quantitative estimate of drug-likeness (QED) is 0.801. The first-order chi connectivity index (χ1) is 6.81. The first-order valence-electron chi connectivity index (χ1n) is 4.59. The van der Waals surface area contributed by atoms with Crippen LogP contribution in [0.2, 0.25) is 0 Å². The van der Waals surface area contributed by atoms with Crippen LogP contribution in [0.15, 0.2) is 41.1 Å². The number of hydrogen-bond donors (Lipinski definition) is 0. The van der Waals surface area contributed by atoms with E-state index in [4.69, 9.17) is 0 Å². The van der Waals surface area contributed by atoms with Crippen molar-refractivity contribution in [3.8, 4) is 5.69 Å². The average molecular weight is 251 g/mol. The highest BCUT2D eigenvalue weighted by atomic mass is 79.9.